The van der Waals surface area contributed by atoms with Crippen molar-refractivity contribution in [3.8, 4) is 5.75 Å². The number of nitrogens with two attached hydrogens (primary N) is 1. The summed E-state index contributed by atoms with van der Waals surface area (Å²) in [6, 6.07) is 12.5. The van der Waals surface area contributed by atoms with Crippen LogP contribution >= 0.6 is 15.9 Å². The van der Waals surface area contributed by atoms with Crippen molar-refractivity contribution in [3.63, 3.8) is 0 Å². The van der Waals surface area contributed by atoms with Gasteiger partial charge >= 0.3 is 0 Å². The summed E-state index contributed by atoms with van der Waals surface area (Å²) in [6.07, 6.45) is 0. The van der Waals surface area contributed by atoms with Crippen LogP contribution in [0.25, 0.3) is 0 Å². The molecule has 0 atom stereocenters. The van der Waals surface area contributed by atoms with Crippen LogP contribution in [0, 0.1) is 0 Å². The van der Waals surface area contributed by atoms with Crippen molar-refractivity contribution >= 4 is 33.2 Å². The zero-order valence-corrected chi connectivity index (χ0v) is 11.9. The highest BCUT2D eigenvalue weighted by atomic mass is 79.9. The third-order valence-corrected chi connectivity index (χ3v) is 3.32. The molecule has 2 aromatic carbocycles. The predicted molar refractivity (Wildman–Crippen MR) is 79.5 cm³/mol. The van der Waals surface area contributed by atoms with E-state index in [-0.39, 0.29) is 5.91 Å². The number of para-hydroxylation sites is 1. The van der Waals surface area contributed by atoms with E-state index in [2.05, 4.69) is 21.2 Å². The molecule has 1 amide bonds. The summed E-state index contributed by atoms with van der Waals surface area (Å²) in [6.45, 7) is 0. The fourth-order valence-corrected chi connectivity index (χ4v) is 2.09. The molecular formula is C14H13BrN2O2. The lowest BCUT2D eigenvalue weighted by molar-refractivity contribution is 0.102. The minimum absolute atomic E-state index is 0.304. The van der Waals surface area contributed by atoms with E-state index >= 15 is 0 Å². The van der Waals surface area contributed by atoms with Crippen LogP contribution in [-0.2, 0) is 0 Å². The molecule has 19 heavy (non-hydrogen) atoms. The minimum atomic E-state index is -0.304. The summed E-state index contributed by atoms with van der Waals surface area (Å²) in [5, 5.41) is 2.80. The number of ether oxygens (including phenoxy) is 1. The van der Waals surface area contributed by atoms with Gasteiger partial charge in [0.15, 0.2) is 0 Å². The van der Waals surface area contributed by atoms with Crippen LogP contribution in [-0.4, -0.2) is 13.0 Å². The van der Waals surface area contributed by atoms with Gasteiger partial charge in [-0.15, -0.1) is 0 Å². The highest BCUT2D eigenvalue weighted by molar-refractivity contribution is 9.10. The number of nitrogen functional groups attached to an aromatic ring is 1. The lowest BCUT2D eigenvalue weighted by atomic mass is 10.1. The van der Waals surface area contributed by atoms with Gasteiger partial charge < -0.3 is 15.8 Å². The first-order valence-corrected chi connectivity index (χ1v) is 6.41. The third-order valence-electron chi connectivity index (χ3n) is 2.63. The maximum absolute atomic E-state index is 12.3. The third kappa shape index (κ3) is 2.88. The van der Waals surface area contributed by atoms with E-state index in [1.54, 1.807) is 24.3 Å². The number of methoxy groups -OCH3 is 1. The van der Waals surface area contributed by atoms with E-state index in [4.69, 9.17) is 10.5 Å². The lowest BCUT2D eigenvalue weighted by Crippen LogP contribution is -2.15. The molecule has 3 N–H and O–H groups in total. The van der Waals surface area contributed by atoms with Crippen LogP contribution in [0.3, 0.4) is 0 Å². The molecule has 0 aromatic heterocycles. The minimum Gasteiger partial charge on any atom is -0.496 e. The Balaban J connectivity index is 2.33. The second-order valence-corrected chi connectivity index (χ2v) is 4.71. The molecule has 0 aliphatic rings. The van der Waals surface area contributed by atoms with Crippen LogP contribution in [0.1, 0.15) is 10.4 Å². The van der Waals surface area contributed by atoms with Gasteiger partial charge in [0.2, 0.25) is 0 Å². The van der Waals surface area contributed by atoms with Gasteiger partial charge in [0.25, 0.3) is 5.91 Å². The Morgan fingerprint density at radius 1 is 1.21 bits per heavy atom. The Kier molecular flexibility index (Phi) is 4.06. The first-order chi connectivity index (χ1) is 9.13. The molecule has 2 aromatic rings. The molecule has 0 heterocycles. The number of carbonyl (C=O) groups is 1. The smallest absolute Gasteiger partial charge is 0.261 e. The molecule has 4 nitrogen and oxygen atoms in total. The van der Waals surface area contributed by atoms with Crippen molar-refractivity contribution in [2.45, 2.75) is 0 Å². The van der Waals surface area contributed by atoms with Gasteiger partial charge in [0.1, 0.15) is 11.3 Å². The molecule has 98 valence electrons. The summed E-state index contributed by atoms with van der Waals surface area (Å²) in [7, 11) is 1.50. The van der Waals surface area contributed by atoms with Gasteiger partial charge in [-0.3, -0.25) is 4.79 Å². The highest BCUT2D eigenvalue weighted by Crippen LogP contribution is 2.27. The van der Waals surface area contributed by atoms with E-state index < -0.39 is 0 Å². The summed E-state index contributed by atoms with van der Waals surface area (Å²) in [4.78, 5) is 12.3. The largest absolute Gasteiger partial charge is 0.496 e. The molecule has 0 saturated carbocycles. The molecule has 0 bridgehead atoms. The summed E-state index contributed by atoms with van der Waals surface area (Å²) < 4.78 is 5.97. The number of hydrogen-bond acceptors (Lipinski definition) is 3. The summed E-state index contributed by atoms with van der Waals surface area (Å²) >= 11 is 3.37. The number of nitrogens with one attached hydrogen (secondary N) is 1. The highest BCUT2D eigenvalue weighted by Gasteiger charge is 2.16. The van der Waals surface area contributed by atoms with Gasteiger partial charge in [-0.1, -0.05) is 18.2 Å². The van der Waals surface area contributed by atoms with Crippen LogP contribution < -0.4 is 15.8 Å². The molecule has 0 aliphatic carbocycles. The van der Waals surface area contributed by atoms with Crippen molar-refractivity contribution in [2.75, 3.05) is 18.2 Å². The molecular weight excluding hydrogens is 308 g/mol. The molecule has 0 spiro atoms. The number of carbonyl (C=O) groups excluding carboxylic acids is 1. The Morgan fingerprint density at radius 3 is 2.63 bits per heavy atom. The van der Waals surface area contributed by atoms with Crippen molar-refractivity contribution < 1.29 is 9.53 Å². The van der Waals surface area contributed by atoms with E-state index in [0.717, 1.165) is 4.47 Å². The van der Waals surface area contributed by atoms with Crippen LogP contribution in [0.15, 0.2) is 46.9 Å². The fourth-order valence-electron chi connectivity index (χ4n) is 1.71. The zero-order chi connectivity index (χ0) is 13.8. The number of hydrogen-bond donors (Lipinski definition) is 2. The van der Waals surface area contributed by atoms with Crippen molar-refractivity contribution in [3.05, 3.63) is 52.5 Å². The number of amides is 1. The number of benzene rings is 2. The van der Waals surface area contributed by atoms with Crippen LogP contribution in [0.5, 0.6) is 5.75 Å². The standard InChI is InChI=1S/C14H13BrN2O2/c1-19-12-8-4-6-10(16)13(12)14(18)17-11-7-3-2-5-9(11)15/h2-8H,16H2,1H3,(H,17,18). The van der Waals surface area contributed by atoms with Crippen molar-refractivity contribution in [1.82, 2.24) is 0 Å². The Morgan fingerprint density at radius 2 is 1.95 bits per heavy atom. The van der Waals surface area contributed by atoms with E-state index in [1.807, 2.05) is 18.2 Å². The van der Waals surface area contributed by atoms with Crippen LogP contribution in [0.4, 0.5) is 11.4 Å². The van der Waals surface area contributed by atoms with Gasteiger partial charge in [-0.2, -0.15) is 0 Å². The Bertz CT molecular complexity index is 614. The van der Waals surface area contributed by atoms with E-state index in [0.29, 0.717) is 22.7 Å². The van der Waals surface area contributed by atoms with E-state index in [1.165, 1.54) is 7.11 Å². The summed E-state index contributed by atoms with van der Waals surface area (Å²) in [5.41, 5.74) is 7.23. The molecule has 0 radical (unpaired) electrons. The van der Waals surface area contributed by atoms with Gasteiger partial charge in [-0.25, -0.2) is 0 Å². The first kappa shape index (κ1) is 13.4. The SMILES string of the molecule is COc1cccc(N)c1C(=O)Nc1ccccc1Br. The predicted octanol–water partition coefficient (Wildman–Crippen LogP) is 3.29. The van der Waals surface area contributed by atoms with Crippen LogP contribution in [0.2, 0.25) is 0 Å². The van der Waals surface area contributed by atoms with Gasteiger partial charge in [0, 0.05) is 10.2 Å². The summed E-state index contributed by atoms with van der Waals surface area (Å²) in [5.74, 6) is 0.145. The van der Waals surface area contributed by atoms with Gasteiger partial charge in [-0.05, 0) is 40.2 Å². The fraction of sp³-hybridized carbons (Fsp3) is 0.0714. The quantitative estimate of drug-likeness (QED) is 0.853. The Hall–Kier alpha value is -2.01. The number of halogens is 1. The number of anilines is 2. The maximum Gasteiger partial charge on any atom is 0.261 e. The molecule has 2 rings (SSSR count). The average molecular weight is 321 g/mol. The molecule has 0 aliphatic heterocycles. The molecule has 0 unspecified atom stereocenters. The second kappa shape index (κ2) is 5.75. The normalized spacial score (nSPS) is 10.0. The average Bonchev–Trinajstić information content (AvgIpc) is 2.40. The van der Waals surface area contributed by atoms with Gasteiger partial charge in [0.05, 0.1) is 12.8 Å². The maximum atomic E-state index is 12.3. The number of rotatable bonds is 3. The van der Waals surface area contributed by atoms with Crippen molar-refractivity contribution in [2.24, 2.45) is 0 Å². The molecule has 5 heteroatoms. The molecule has 0 saturated heterocycles. The molecule has 0 fully saturated rings. The second-order valence-electron chi connectivity index (χ2n) is 3.86. The van der Waals surface area contributed by atoms with Crippen molar-refractivity contribution in [1.29, 1.82) is 0 Å². The lowest BCUT2D eigenvalue weighted by Gasteiger charge is -2.12. The monoisotopic (exact) mass is 320 g/mol. The zero-order valence-electron chi connectivity index (χ0n) is 10.3. The topological polar surface area (TPSA) is 64.3 Å². The first-order valence-electron chi connectivity index (χ1n) is 5.62. The van der Waals surface area contributed by atoms with E-state index in [9.17, 15) is 4.79 Å². The Labute approximate surface area is 119 Å².